The fourth-order valence-corrected chi connectivity index (χ4v) is 2.20. The van der Waals surface area contributed by atoms with E-state index in [1.807, 2.05) is 32.0 Å². The Balaban J connectivity index is 2.07. The van der Waals surface area contributed by atoms with E-state index < -0.39 is 0 Å². The molecule has 3 N–H and O–H groups in total. The van der Waals surface area contributed by atoms with Crippen LogP contribution in [0.15, 0.2) is 18.2 Å². The Kier molecular flexibility index (Phi) is 4.78. The highest BCUT2D eigenvalue weighted by molar-refractivity contribution is 5.94. The van der Waals surface area contributed by atoms with Crippen LogP contribution in [0.3, 0.4) is 0 Å². The Morgan fingerprint density at radius 1 is 1.50 bits per heavy atom. The molecule has 2 atom stereocenters. The Hall–Kier alpha value is -1.83. The van der Waals surface area contributed by atoms with Crippen LogP contribution in [0, 0.1) is 18.8 Å². The van der Waals surface area contributed by atoms with Crippen LogP contribution in [0.25, 0.3) is 0 Å². The van der Waals surface area contributed by atoms with E-state index >= 15 is 0 Å². The standard InChI is InChI=1S/C16H20N2O2/c1-11-5-7-14(10-13(11)4-3-9-17)18-16(19)15-8-6-12(2)20-15/h5,7,10,12,15H,6,8-9,17H2,1-2H3,(H,18,19). The molecule has 0 spiro atoms. The summed E-state index contributed by atoms with van der Waals surface area (Å²) in [5.74, 6) is 5.75. The van der Waals surface area contributed by atoms with E-state index in [1.165, 1.54) is 0 Å². The number of ether oxygens (including phenoxy) is 1. The van der Waals surface area contributed by atoms with Gasteiger partial charge in [-0.3, -0.25) is 4.79 Å². The summed E-state index contributed by atoms with van der Waals surface area (Å²) < 4.78 is 5.56. The van der Waals surface area contributed by atoms with Gasteiger partial charge in [-0.2, -0.15) is 0 Å². The van der Waals surface area contributed by atoms with Crippen LogP contribution in [0.2, 0.25) is 0 Å². The van der Waals surface area contributed by atoms with Crippen LogP contribution in [0.1, 0.15) is 30.9 Å². The smallest absolute Gasteiger partial charge is 0.253 e. The number of nitrogens with one attached hydrogen (secondary N) is 1. The molecule has 0 saturated carbocycles. The highest BCUT2D eigenvalue weighted by atomic mass is 16.5. The van der Waals surface area contributed by atoms with Crippen molar-refractivity contribution in [2.75, 3.05) is 11.9 Å². The lowest BCUT2D eigenvalue weighted by Gasteiger charge is -2.12. The summed E-state index contributed by atoms with van der Waals surface area (Å²) in [5.41, 5.74) is 8.07. The second-order valence-electron chi connectivity index (χ2n) is 5.04. The molecule has 1 aromatic carbocycles. The highest BCUT2D eigenvalue weighted by Gasteiger charge is 2.28. The second kappa shape index (κ2) is 6.56. The third-order valence-corrected chi connectivity index (χ3v) is 3.35. The molecule has 20 heavy (non-hydrogen) atoms. The molecule has 1 fully saturated rings. The fourth-order valence-electron chi connectivity index (χ4n) is 2.20. The number of anilines is 1. The van der Waals surface area contributed by atoms with E-state index in [-0.39, 0.29) is 18.1 Å². The highest BCUT2D eigenvalue weighted by Crippen LogP contribution is 2.21. The molecule has 0 radical (unpaired) electrons. The minimum absolute atomic E-state index is 0.0871. The quantitative estimate of drug-likeness (QED) is 0.807. The molecule has 1 heterocycles. The maximum absolute atomic E-state index is 12.1. The summed E-state index contributed by atoms with van der Waals surface area (Å²) in [4.78, 5) is 12.1. The summed E-state index contributed by atoms with van der Waals surface area (Å²) in [6.07, 6.45) is 1.53. The van der Waals surface area contributed by atoms with Crippen LogP contribution in [-0.4, -0.2) is 24.7 Å². The average molecular weight is 272 g/mol. The van der Waals surface area contributed by atoms with E-state index in [0.29, 0.717) is 6.54 Å². The third kappa shape index (κ3) is 3.60. The summed E-state index contributed by atoms with van der Waals surface area (Å²) >= 11 is 0. The Morgan fingerprint density at radius 2 is 2.30 bits per heavy atom. The van der Waals surface area contributed by atoms with Crippen molar-refractivity contribution in [1.82, 2.24) is 0 Å². The number of rotatable bonds is 2. The number of hydrogen-bond acceptors (Lipinski definition) is 3. The molecule has 4 heteroatoms. The number of aryl methyl sites for hydroxylation is 1. The van der Waals surface area contributed by atoms with Gasteiger partial charge in [0.1, 0.15) is 6.10 Å². The Morgan fingerprint density at radius 3 is 2.95 bits per heavy atom. The van der Waals surface area contributed by atoms with Crippen molar-refractivity contribution in [3.05, 3.63) is 29.3 Å². The molecule has 1 aliphatic heterocycles. The molecule has 2 rings (SSSR count). The molecular weight excluding hydrogens is 252 g/mol. The first kappa shape index (κ1) is 14.6. The van der Waals surface area contributed by atoms with Crippen molar-refractivity contribution in [3.8, 4) is 11.8 Å². The Bertz CT molecular complexity index is 557. The van der Waals surface area contributed by atoms with Crippen molar-refractivity contribution in [2.45, 2.75) is 38.9 Å². The predicted octanol–water partition coefficient (Wildman–Crippen LogP) is 1.81. The minimum Gasteiger partial charge on any atom is -0.365 e. The van der Waals surface area contributed by atoms with Crippen LogP contribution >= 0.6 is 0 Å². The van der Waals surface area contributed by atoms with Gasteiger partial charge in [-0.1, -0.05) is 17.9 Å². The number of carbonyl (C=O) groups excluding carboxylic acids is 1. The lowest BCUT2D eigenvalue weighted by molar-refractivity contribution is -0.126. The van der Waals surface area contributed by atoms with Crippen LogP contribution in [-0.2, 0) is 9.53 Å². The molecule has 0 bridgehead atoms. The first-order valence-corrected chi connectivity index (χ1v) is 6.86. The predicted molar refractivity (Wildman–Crippen MR) is 79.3 cm³/mol. The molecule has 1 aromatic rings. The zero-order valence-corrected chi connectivity index (χ0v) is 11.9. The zero-order chi connectivity index (χ0) is 14.5. The van der Waals surface area contributed by atoms with E-state index in [1.54, 1.807) is 0 Å². The molecule has 0 aromatic heterocycles. The van der Waals surface area contributed by atoms with Crippen molar-refractivity contribution >= 4 is 11.6 Å². The normalized spacial score (nSPS) is 21.1. The van der Waals surface area contributed by atoms with E-state index in [0.717, 1.165) is 29.7 Å². The van der Waals surface area contributed by atoms with Crippen molar-refractivity contribution in [2.24, 2.45) is 5.73 Å². The summed E-state index contributed by atoms with van der Waals surface area (Å²) in [7, 11) is 0. The van der Waals surface area contributed by atoms with E-state index in [2.05, 4.69) is 17.2 Å². The van der Waals surface area contributed by atoms with Crippen molar-refractivity contribution in [1.29, 1.82) is 0 Å². The van der Waals surface area contributed by atoms with Gasteiger partial charge in [0, 0.05) is 11.3 Å². The van der Waals surface area contributed by atoms with Gasteiger partial charge in [0.2, 0.25) is 0 Å². The average Bonchev–Trinajstić information content (AvgIpc) is 2.86. The Labute approximate surface area is 119 Å². The molecule has 106 valence electrons. The van der Waals surface area contributed by atoms with Gasteiger partial charge >= 0.3 is 0 Å². The third-order valence-electron chi connectivity index (χ3n) is 3.35. The molecule has 1 aliphatic rings. The monoisotopic (exact) mass is 272 g/mol. The number of benzene rings is 1. The van der Waals surface area contributed by atoms with Gasteiger partial charge in [-0.25, -0.2) is 0 Å². The second-order valence-corrected chi connectivity index (χ2v) is 5.04. The summed E-state index contributed by atoms with van der Waals surface area (Å²) in [6.45, 7) is 4.29. The van der Waals surface area contributed by atoms with Crippen molar-refractivity contribution < 1.29 is 9.53 Å². The minimum atomic E-state index is -0.343. The summed E-state index contributed by atoms with van der Waals surface area (Å²) in [6, 6.07) is 5.68. The van der Waals surface area contributed by atoms with Crippen LogP contribution in [0.4, 0.5) is 5.69 Å². The van der Waals surface area contributed by atoms with Crippen LogP contribution < -0.4 is 11.1 Å². The molecule has 4 nitrogen and oxygen atoms in total. The topological polar surface area (TPSA) is 64.3 Å². The lowest BCUT2D eigenvalue weighted by atomic mass is 10.1. The first-order valence-electron chi connectivity index (χ1n) is 6.86. The molecule has 2 unspecified atom stereocenters. The van der Waals surface area contributed by atoms with Gasteiger partial charge in [0.15, 0.2) is 0 Å². The maximum atomic E-state index is 12.1. The van der Waals surface area contributed by atoms with Gasteiger partial charge in [0.25, 0.3) is 5.91 Å². The van der Waals surface area contributed by atoms with Gasteiger partial charge in [-0.05, 0) is 44.4 Å². The van der Waals surface area contributed by atoms with Crippen molar-refractivity contribution in [3.63, 3.8) is 0 Å². The van der Waals surface area contributed by atoms with E-state index in [4.69, 9.17) is 10.5 Å². The van der Waals surface area contributed by atoms with Gasteiger partial charge in [0.05, 0.1) is 12.6 Å². The first-order chi connectivity index (χ1) is 9.60. The molecule has 1 amide bonds. The summed E-state index contributed by atoms with van der Waals surface area (Å²) in [5, 5.41) is 2.89. The molecular formula is C16H20N2O2. The largest absolute Gasteiger partial charge is 0.365 e. The maximum Gasteiger partial charge on any atom is 0.253 e. The number of hydrogen-bond donors (Lipinski definition) is 2. The number of carbonyl (C=O) groups is 1. The van der Waals surface area contributed by atoms with E-state index in [9.17, 15) is 4.79 Å². The van der Waals surface area contributed by atoms with Gasteiger partial charge in [-0.15, -0.1) is 0 Å². The van der Waals surface area contributed by atoms with Gasteiger partial charge < -0.3 is 15.8 Å². The number of nitrogens with two attached hydrogens (primary N) is 1. The zero-order valence-electron chi connectivity index (χ0n) is 11.9. The fraction of sp³-hybridized carbons (Fsp3) is 0.438. The molecule has 0 aliphatic carbocycles. The molecule has 1 saturated heterocycles. The SMILES string of the molecule is Cc1ccc(NC(=O)C2CCC(C)O2)cc1C#CCN. The number of amides is 1. The lowest BCUT2D eigenvalue weighted by Crippen LogP contribution is -2.27. The van der Waals surface area contributed by atoms with Crippen LogP contribution in [0.5, 0.6) is 0 Å².